The lowest BCUT2D eigenvalue weighted by Gasteiger charge is -2.39. The summed E-state index contributed by atoms with van der Waals surface area (Å²) in [6.45, 7) is 6.13. The minimum atomic E-state index is -0.330. The molecule has 0 radical (unpaired) electrons. The van der Waals surface area contributed by atoms with Crippen molar-refractivity contribution in [3.05, 3.63) is 40.7 Å². The SMILES string of the molecule is Cc1nonc1CN1C(=O)c2cccc(N3CCC(C(=O)N4CCCC[C@H]4C)CC3)c2C1=O. The number of rotatable bonds is 4. The van der Waals surface area contributed by atoms with Crippen molar-refractivity contribution in [2.75, 3.05) is 24.5 Å². The molecule has 0 saturated carbocycles. The van der Waals surface area contributed by atoms with Gasteiger partial charge in [-0.25, -0.2) is 4.63 Å². The van der Waals surface area contributed by atoms with E-state index in [0.29, 0.717) is 41.6 Å². The number of amides is 3. The van der Waals surface area contributed by atoms with Crippen molar-refractivity contribution in [2.24, 2.45) is 5.92 Å². The smallest absolute Gasteiger partial charge is 0.264 e. The molecule has 1 aromatic carbocycles. The van der Waals surface area contributed by atoms with E-state index >= 15 is 0 Å². The molecule has 0 aliphatic carbocycles. The van der Waals surface area contributed by atoms with Crippen LogP contribution in [0.1, 0.15) is 71.1 Å². The van der Waals surface area contributed by atoms with E-state index in [1.165, 1.54) is 11.3 Å². The van der Waals surface area contributed by atoms with Crippen LogP contribution in [-0.4, -0.2) is 63.5 Å². The van der Waals surface area contributed by atoms with E-state index < -0.39 is 0 Å². The van der Waals surface area contributed by atoms with E-state index in [9.17, 15) is 14.4 Å². The molecule has 0 spiro atoms. The number of imide groups is 1. The van der Waals surface area contributed by atoms with Crippen LogP contribution in [0.5, 0.6) is 0 Å². The summed E-state index contributed by atoms with van der Waals surface area (Å²) in [4.78, 5) is 44.7. The van der Waals surface area contributed by atoms with Crippen molar-refractivity contribution < 1.29 is 19.0 Å². The van der Waals surface area contributed by atoms with Crippen molar-refractivity contribution in [3.63, 3.8) is 0 Å². The highest BCUT2D eigenvalue weighted by molar-refractivity contribution is 6.23. The Morgan fingerprint density at radius 1 is 1.06 bits per heavy atom. The fraction of sp³-hybridized carbons (Fsp3) is 0.542. The van der Waals surface area contributed by atoms with Gasteiger partial charge >= 0.3 is 0 Å². The first-order valence-corrected chi connectivity index (χ1v) is 11.8. The lowest BCUT2D eigenvalue weighted by atomic mass is 9.92. The Balaban J connectivity index is 1.31. The van der Waals surface area contributed by atoms with Gasteiger partial charge < -0.3 is 9.80 Å². The Morgan fingerprint density at radius 3 is 2.55 bits per heavy atom. The normalized spacial score (nSPS) is 21.6. The van der Waals surface area contributed by atoms with Gasteiger partial charge in [0.15, 0.2) is 0 Å². The van der Waals surface area contributed by atoms with Crippen LogP contribution in [0.25, 0.3) is 0 Å². The van der Waals surface area contributed by atoms with Crippen LogP contribution in [0.15, 0.2) is 22.8 Å². The topological polar surface area (TPSA) is 99.8 Å². The zero-order valence-electron chi connectivity index (χ0n) is 19.1. The summed E-state index contributed by atoms with van der Waals surface area (Å²) in [7, 11) is 0. The number of carbonyl (C=O) groups excluding carboxylic acids is 3. The summed E-state index contributed by atoms with van der Waals surface area (Å²) in [6, 6.07) is 5.73. The minimum absolute atomic E-state index is 0.0232. The number of anilines is 1. The van der Waals surface area contributed by atoms with Crippen LogP contribution in [0.3, 0.4) is 0 Å². The Hall–Kier alpha value is -3.23. The summed E-state index contributed by atoms with van der Waals surface area (Å²) in [5, 5.41) is 7.55. The van der Waals surface area contributed by atoms with Crippen LogP contribution in [-0.2, 0) is 11.3 Å². The number of aryl methyl sites for hydroxylation is 1. The summed E-state index contributed by atoms with van der Waals surface area (Å²) in [5.41, 5.74) is 2.64. The van der Waals surface area contributed by atoms with Crippen molar-refractivity contribution >= 4 is 23.4 Å². The second kappa shape index (κ2) is 8.61. The minimum Gasteiger partial charge on any atom is -0.371 e. The first-order valence-electron chi connectivity index (χ1n) is 11.8. The highest BCUT2D eigenvalue weighted by Gasteiger charge is 2.40. The zero-order valence-corrected chi connectivity index (χ0v) is 19.1. The molecule has 2 fully saturated rings. The lowest BCUT2D eigenvalue weighted by molar-refractivity contribution is -0.139. The van der Waals surface area contributed by atoms with Gasteiger partial charge in [-0.05, 0) is 58.1 Å². The van der Waals surface area contributed by atoms with E-state index in [1.807, 2.05) is 12.1 Å². The molecular formula is C24H29N5O4. The Labute approximate surface area is 192 Å². The molecule has 5 rings (SSSR count). The second-order valence-electron chi connectivity index (χ2n) is 9.33. The molecule has 9 heteroatoms. The maximum absolute atomic E-state index is 13.3. The van der Waals surface area contributed by atoms with Gasteiger partial charge in [0.25, 0.3) is 11.8 Å². The fourth-order valence-corrected chi connectivity index (χ4v) is 5.29. The van der Waals surface area contributed by atoms with E-state index in [1.54, 1.807) is 13.0 Å². The highest BCUT2D eigenvalue weighted by atomic mass is 16.6. The molecule has 0 bridgehead atoms. The zero-order chi connectivity index (χ0) is 23.1. The Bertz CT molecular complexity index is 1090. The molecule has 3 aliphatic heterocycles. The third-order valence-electron chi connectivity index (χ3n) is 7.30. The second-order valence-corrected chi connectivity index (χ2v) is 9.33. The van der Waals surface area contributed by atoms with E-state index in [4.69, 9.17) is 4.63 Å². The molecule has 9 nitrogen and oxygen atoms in total. The number of hydrogen-bond acceptors (Lipinski definition) is 7. The third kappa shape index (κ3) is 3.79. The Morgan fingerprint density at radius 2 is 1.85 bits per heavy atom. The van der Waals surface area contributed by atoms with Gasteiger partial charge in [0.1, 0.15) is 11.4 Å². The molecule has 1 atom stereocenters. The molecule has 4 heterocycles. The van der Waals surface area contributed by atoms with Gasteiger partial charge in [-0.1, -0.05) is 16.4 Å². The number of fused-ring (bicyclic) bond motifs is 1. The monoisotopic (exact) mass is 451 g/mol. The fourth-order valence-electron chi connectivity index (χ4n) is 5.29. The molecular weight excluding hydrogens is 422 g/mol. The molecule has 2 saturated heterocycles. The Kier molecular flexibility index (Phi) is 5.64. The summed E-state index contributed by atoms with van der Waals surface area (Å²) in [5.74, 6) is -0.360. The average Bonchev–Trinajstić information content (AvgIpc) is 3.35. The molecule has 0 unspecified atom stereocenters. The summed E-state index contributed by atoms with van der Waals surface area (Å²) >= 11 is 0. The van der Waals surface area contributed by atoms with Crippen molar-refractivity contribution in [3.8, 4) is 0 Å². The van der Waals surface area contributed by atoms with Crippen molar-refractivity contribution in [1.82, 2.24) is 20.1 Å². The number of benzene rings is 1. The number of carbonyl (C=O) groups is 3. The van der Waals surface area contributed by atoms with Gasteiger partial charge in [-0.2, -0.15) is 0 Å². The van der Waals surface area contributed by atoms with Crippen LogP contribution in [0, 0.1) is 12.8 Å². The number of nitrogens with zero attached hydrogens (tertiary/aromatic N) is 5. The first kappa shape index (κ1) is 21.6. The van der Waals surface area contributed by atoms with Crippen LogP contribution in [0.2, 0.25) is 0 Å². The van der Waals surface area contributed by atoms with E-state index in [0.717, 1.165) is 37.9 Å². The quantitative estimate of drug-likeness (QED) is 0.659. The number of piperidine rings is 2. The van der Waals surface area contributed by atoms with Gasteiger partial charge in [0, 0.05) is 31.6 Å². The van der Waals surface area contributed by atoms with E-state index in [2.05, 4.69) is 27.0 Å². The predicted molar refractivity (Wildman–Crippen MR) is 120 cm³/mol. The molecule has 0 N–H and O–H groups in total. The van der Waals surface area contributed by atoms with E-state index in [-0.39, 0.29) is 30.2 Å². The molecule has 1 aromatic heterocycles. The third-order valence-corrected chi connectivity index (χ3v) is 7.30. The highest BCUT2D eigenvalue weighted by Crippen LogP contribution is 2.35. The van der Waals surface area contributed by atoms with Crippen LogP contribution in [0.4, 0.5) is 5.69 Å². The number of likely N-dealkylation sites (tertiary alicyclic amines) is 1. The number of aromatic nitrogens is 2. The number of hydrogen-bond donors (Lipinski definition) is 0. The maximum Gasteiger partial charge on any atom is 0.264 e. The van der Waals surface area contributed by atoms with Gasteiger partial charge in [0.2, 0.25) is 5.91 Å². The molecule has 174 valence electrons. The lowest BCUT2D eigenvalue weighted by Crippen LogP contribution is -2.48. The summed E-state index contributed by atoms with van der Waals surface area (Å²) in [6.07, 6.45) is 4.86. The van der Waals surface area contributed by atoms with Gasteiger partial charge in [-0.15, -0.1) is 0 Å². The first-order chi connectivity index (χ1) is 16.0. The standard InChI is InChI=1S/C24H29N5O4/c1-15-6-3-4-11-28(15)22(30)17-9-12-27(13-10-17)20-8-5-7-18-21(20)24(32)29(23(18)31)14-19-16(2)25-33-26-19/h5,7-8,15,17H,3-4,6,9-14H2,1-2H3/t15-/m1/s1. The molecule has 3 amide bonds. The van der Waals surface area contributed by atoms with Gasteiger partial charge in [-0.3, -0.25) is 19.3 Å². The summed E-state index contributed by atoms with van der Waals surface area (Å²) < 4.78 is 4.71. The average molecular weight is 452 g/mol. The van der Waals surface area contributed by atoms with Gasteiger partial charge in [0.05, 0.1) is 23.4 Å². The molecule has 33 heavy (non-hydrogen) atoms. The van der Waals surface area contributed by atoms with Crippen LogP contribution >= 0.6 is 0 Å². The maximum atomic E-state index is 13.3. The van der Waals surface area contributed by atoms with Crippen molar-refractivity contribution in [1.29, 1.82) is 0 Å². The predicted octanol–water partition coefficient (Wildman–Crippen LogP) is 2.79. The molecule has 3 aliphatic rings. The largest absolute Gasteiger partial charge is 0.371 e. The van der Waals surface area contributed by atoms with Crippen molar-refractivity contribution in [2.45, 2.75) is 58.5 Å². The van der Waals surface area contributed by atoms with Crippen LogP contribution < -0.4 is 4.90 Å². The molecule has 2 aromatic rings.